The van der Waals surface area contributed by atoms with Crippen LogP contribution in [0.15, 0.2) is 39.0 Å². The third-order valence-electron chi connectivity index (χ3n) is 3.30. The molecule has 1 aromatic carbocycles. The minimum absolute atomic E-state index is 0.368. The van der Waals surface area contributed by atoms with Gasteiger partial charge >= 0.3 is 5.63 Å². The second kappa shape index (κ2) is 6.81. The van der Waals surface area contributed by atoms with Crippen molar-refractivity contribution < 1.29 is 9.15 Å². The summed E-state index contributed by atoms with van der Waals surface area (Å²) in [5, 5.41) is 1.37. The lowest BCUT2D eigenvalue weighted by molar-refractivity contribution is 0.306. The van der Waals surface area contributed by atoms with Gasteiger partial charge in [0.1, 0.15) is 11.3 Å². The molecule has 2 rings (SSSR count). The first kappa shape index (κ1) is 15.6. The van der Waals surface area contributed by atoms with Crippen molar-refractivity contribution in [2.24, 2.45) is 0 Å². The molecule has 0 amide bonds. The van der Waals surface area contributed by atoms with Gasteiger partial charge in [0.15, 0.2) is 0 Å². The normalized spacial score (nSPS) is 10.8. The summed E-state index contributed by atoms with van der Waals surface area (Å²) in [6.07, 6.45) is 2.43. The van der Waals surface area contributed by atoms with Crippen molar-refractivity contribution in [3.8, 4) is 5.75 Å². The predicted molar refractivity (Wildman–Crippen MR) is 86.3 cm³/mol. The van der Waals surface area contributed by atoms with Gasteiger partial charge in [-0.1, -0.05) is 31.5 Å². The molecule has 0 atom stereocenters. The number of aryl methyl sites for hydroxylation is 1. The Kier molecular flexibility index (Phi) is 5.07. The van der Waals surface area contributed by atoms with Crippen LogP contribution >= 0.6 is 11.6 Å². The summed E-state index contributed by atoms with van der Waals surface area (Å²) in [6.45, 7) is 8.34. The number of fused-ring (bicyclic) bond motifs is 1. The van der Waals surface area contributed by atoms with Crippen LogP contribution in [0.1, 0.15) is 30.9 Å². The molecule has 3 nitrogen and oxygen atoms in total. The van der Waals surface area contributed by atoms with Gasteiger partial charge in [-0.2, -0.15) is 0 Å². The SMILES string of the molecule is C=C(Cl)Cc1c(OCCCC)ccc2c(C)cc(=O)oc12. The van der Waals surface area contributed by atoms with Gasteiger partial charge in [-0.3, -0.25) is 0 Å². The van der Waals surface area contributed by atoms with Crippen LogP contribution in [0.2, 0.25) is 0 Å². The zero-order valence-corrected chi connectivity index (χ0v) is 13.1. The molecule has 1 heterocycles. The average Bonchev–Trinajstić information content (AvgIpc) is 2.41. The van der Waals surface area contributed by atoms with E-state index in [9.17, 15) is 4.79 Å². The summed E-state index contributed by atoms with van der Waals surface area (Å²) in [7, 11) is 0. The Morgan fingerprint density at radius 1 is 1.43 bits per heavy atom. The zero-order valence-electron chi connectivity index (χ0n) is 12.4. The molecule has 0 unspecified atom stereocenters. The summed E-state index contributed by atoms with van der Waals surface area (Å²) in [5.41, 5.74) is 1.83. The summed E-state index contributed by atoms with van der Waals surface area (Å²) < 4.78 is 11.2. The fourth-order valence-corrected chi connectivity index (χ4v) is 2.38. The average molecular weight is 307 g/mol. The van der Waals surface area contributed by atoms with E-state index in [1.165, 1.54) is 6.07 Å². The number of allylic oxidation sites excluding steroid dienone is 1. The Labute approximate surface area is 129 Å². The Morgan fingerprint density at radius 2 is 2.19 bits per heavy atom. The maximum atomic E-state index is 11.7. The van der Waals surface area contributed by atoms with Gasteiger partial charge in [0.25, 0.3) is 0 Å². The molecule has 2 aromatic rings. The third kappa shape index (κ3) is 3.67. The van der Waals surface area contributed by atoms with Crippen molar-refractivity contribution in [2.45, 2.75) is 33.1 Å². The first-order valence-electron chi connectivity index (χ1n) is 7.05. The number of unbranched alkanes of at least 4 members (excludes halogenated alkanes) is 1. The molecule has 0 aliphatic rings. The van der Waals surface area contributed by atoms with E-state index in [4.69, 9.17) is 20.8 Å². The second-order valence-electron chi connectivity index (χ2n) is 5.06. The van der Waals surface area contributed by atoms with E-state index in [0.717, 1.165) is 29.4 Å². The molecule has 112 valence electrons. The van der Waals surface area contributed by atoms with Crippen molar-refractivity contribution in [2.75, 3.05) is 6.61 Å². The lowest BCUT2D eigenvalue weighted by Crippen LogP contribution is -2.04. The van der Waals surface area contributed by atoms with E-state index in [-0.39, 0.29) is 5.63 Å². The first-order valence-corrected chi connectivity index (χ1v) is 7.43. The lowest BCUT2D eigenvalue weighted by Gasteiger charge is -2.13. The fourth-order valence-electron chi connectivity index (χ4n) is 2.24. The number of benzene rings is 1. The molecule has 21 heavy (non-hydrogen) atoms. The maximum Gasteiger partial charge on any atom is 0.336 e. The smallest absolute Gasteiger partial charge is 0.336 e. The van der Waals surface area contributed by atoms with Crippen molar-refractivity contribution in [1.29, 1.82) is 0 Å². The van der Waals surface area contributed by atoms with E-state index in [1.807, 2.05) is 19.1 Å². The molecule has 0 aliphatic carbocycles. The summed E-state index contributed by atoms with van der Waals surface area (Å²) in [4.78, 5) is 11.7. The summed E-state index contributed by atoms with van der Waals surface area (Å²) >= 11 is 5.96. The Balaban J connectivity index is 2.57. The summed E-state index contributed by atoms with van der Waals surface area (Å²) in [6, 6.07) is 5.30. The molecule has 0 N–H and O–H groups in total. The van der Waals surface area contributed by atoms with Crippen LogP contribution in [-0.2, 0) is 6.42 Å². The zero-order chi connectivity index (χ0) is 15.4. The fraction of sp³-hybridized carbons (Fsp3) is 0.353. The standard InChI is InChI=1S/C17H19ClO3/c1-4-5-8-20-15-7-6-13-11(2)9-16(19)21-17(13)14(15)10-12(3)18/h6-7,9H,3-5,8,10H2,1-2H3. The number of ether oxygens (including phenoxy) is 1. The Morgan fingerprint density at radius 3 is 2.86 bits per heavy atom. The topological polar surface area (TPSA) is 39.4 Å². The lowest BCUT2D eigenvalue weighted by atomic mass is 10.0. The molecule has 0 fully saturated rings. The maximum absolute atomic E-state index is 11.7. The monoisotopic (exact) mass is 306 g/mol. The molecule has 0 aliphatic heterocycles. The predicted octanol–water partition coefficient (Wildman–Crippen LogP) is 4.58. The van der Waals surface area contributed by atoms with Gasteiger partial charge in [-0.15, -0.1) is 0 Å². The van der Waals surface area contributed by atoms with Crippen LogP contribution in [0.5, 0.6) is 5.75 Å². The van der Waals surface area contributed by atoms with Crippen molar-refractivity contribution in [1.82, 2.24) is 0 Å². The van der Waals surface area contributed by atoms with Gasteiger partial charge < -0.3 is 9.15 Å². The van der Waals surface area contributed by atoms with Crippen LogP contribution in [0.25, 0.3) is 11.0 Å². The van der Waals surface area contributed by atoms with Gasteiger partial charge in [-0.05, 0) is 31.0 Å². The van der Waals surface area contributed by atoms with E-state index in [2.05, 4.69) is 13.5 Å². The van der Waals surface area contributed by atoms with Crippen molar-refractivity contribution in [3.05, 3.63) is 51.4 Å². The van der Waals surface area contributed by atoms with Crippen LogP contribution in [-0.4, -0.2) is 6.61 Å². The highest BCUT2D eigenvalue weighted by atomic mass is 35.5. The second-order valence-corrected chi connectivity index (χ2v) is 5.60. The van der Waals surface area contributed by atoms with Gasteiger partial charge in [0.2, 0.25) is 0 Å². The van der Waals surface area contributed by atoms with E-state index < -0.39 is 0 Å². The summed E-state index contributed by atoms with van der Waals surface area (Å²) in [5.74, 6) is 0.700. The van der Waals surface area contributed by atoms with Gasteiger partial charge in [0, 0.05) is 28.5 Å². The highest BCUT2D eigenvalue weighted by molar-refractivity contribution is 6.29. The quantitative estimate of drug-likeness (QED) is 0.579. The van der Waals surface area contributed by atoms with Crippen LogP contribution in [0.4, 0.5) is 0 Å². The number of hydrogen-bond acceptors (Lipinski definition) is 3. The molecule has 0 saturated heterocycles. The minimum atomic E-state index is -0.368. The van der Waals surface area contributed by atoms with Crippen LogP contribution in [0, 0.1) is 6.92 Å². The van der Waals surface area contributed by atoms with E-state index in [1.54, 1.807) is 0 Å². The van der Waals surface area contributed by atoms with Crippen LogP contribution in [0.3, 0.4) is 0 Å². The van der Waals surface area contributed by atoms with Crippen molar-refractivity contribution in [3.63, 3.8) is 0 Å². The Hall–Kier alpha value is -1.74. The molecule has 0 radical (unpaired) electrons. The molecular formula is C17H19ClO3. The number of hydrogen-bond donors (Lipinski definition) is 0. The molecule has 1 aromatic heterocycles. The van der Waals surface area contributed by atoms with E-state index in [0.29, 0.717) is 29.4 Å². The first-order chi connectivity index (χ1) is 10.0. The van der Waals surface area contributed by atoms with Gasteiger partial charge in [-0.25, -0.2) is 4.79 Å². The van der Waals surface area contributed by atoms with Crippen LogP contribution < -0.4 is 10.4 Å². The highest BCUT2D eigenvalue weighted by Crippen LogP contribution is 2.31. The van der Waals surface area contributed by atoms with Crippen molar-refractivity contribution >= 4 is 22.6 Å². The molecule has 0 saturated carbocycles. The molecular weight excluding hydrogens is 288 g/mol. The highest BCUT2D eigenvalue weighted by Gasteiger charge is 2.14. The third-order valence-corrected chi connectivity index (χ3v) is 3.44. The molecule has 4 heteroatoms. The molecule has 0 bridgehead atoms. The van der Waals surface area contributed by atoms with E-state index >= 15 is 0 Å². The minimum Gasteiger partial charge on any atom is -0.493 e. The number of rotatable bonds is 6. The number of halogens is 1. The Bertz CT molecular complexity index is 716. The largest absolute Gasteiger partial charge is 0.493 e. The van der Waals surface area contributed by atoms with Gasteiger partial charge in [0.05, 0.1) is 6.61 Å². The molecule has 0 spiro atoms.